The molecule has 0 spiro atoms. The summed E-state index contributed by atoms with van der Waals surface area (Å²) in [7, 11) is 0. The van der Waals surface area contributed by atoms with E-state index in [1.807, 2.05) is 6.92 Å². The van der Waals surface area contributed by atoms with Gasteiger partial charge in [0.15, 0.2) is 0 Å². The summed E-state index contributed by atoms with van der Waals surface area (Å²) in [5.41, 5.74) is 1.02. The van der Waals surface area contributed by atoms with Crippen LogP contribution >= 0.6 is 0 Å². The van der Waals surface area contributed by atoms with Gasteiger partial charge in [-0.3, -0.25) is 0 Å². The number of hydrogen-bond donors (Lipinski definition) is 0. The Labute approximate surface area is 58.1 Å². The van der Waals surface area contributed by atoms with Crippen LogP contribution in [0.3, 0.4) is 0 Å². The molecule has 0 amide bonds. The van der Waals surface area contributed by atoms with Crippen molar-refractivity contribution in [3.63, 3.8) is 0 Å². The van der Waals surface area contributed by atoms with Crippen LogP contribution in [-0.4, -0.2) is 23.1 Å². The normalized spacial score (nSPS) is 5.50. The van der Waals surface area contributed by atoms with E-state index < -0.39 is 0 Å². The third-order valence-corrected chi connectivity index (χ3v) is 0.348. The molecule has 0 rings (SSSR count). The maximum Gasteiger partial charge on any atom is 2.00 e. The summed E-state index contributed by atoms with van der Waals surface area (Å²) in [6.45, 7) is 8.93. The van der Waals surface area contributed by atoms with Crippen molar-refractivity contribution in [1.82, 2.24) is 0 Å². The van der Waals surface area contributed by atoms with Crippen molar-refractivity contribution in [3.8, 4) is 0 Å². The van der Waals surface area contributed by atoms with E-state index in [1.54, 1.807) is 6.08 Å². The first-order valence-corrected chi connectivity index (χ1v) is 1.55. The smallest absolute Gasteiger partial charge is 1.00 e. The van der Waals surface area contributed by atoms with Gasteiger partial charge in [-0.05, 0) is 6.92 Å². The van der Waals surface area contributed by atoms with Gasteiger partial charge >= 0.3 is 23.1 Å². The fraction of sp³-hybridized carbons (Fsp3) is 0.200. The average Bonchev–Trinajstić information content (AvgIpc) is 1.38. The van der Waals surface area contributed by atoms with Crippen LogP contribution in [0.1, 0.15) is 9.78 Å². The monoisotopic (exact) mass is 94.1 g/mol. The molecule has 1 heteroatoms. The summed E-state index contributed by atoms with van der Waals surface area (Å²) in [6.07, 6.45) is 1.72. The van der Waals surface area contributed by atoms with Gasteiger partial charge in [-0.1, -0.05) is 24.8 Å². The maximum atomic E-state index is 3.56. The van der Waals surface area contributed by atoms with Gasteiger partial charge in [0.05, 0.1) is 0 Å². The Bertz CT molecular complexity index is 61.4. The minimum Gasteiger partial charge on any atom is -1.00 e. The second-order valence-electron chi connectivity index (χ2n) is 1.05. The molecule has 0 aliphatic carbocycles. The van der Waals surface area contributed by atoms with Gasteiger partial charge in [-0.25, -0.2) is 0 Å². The Morgan fingerprint density at radius 3 is 2.00 bits per heavy atom. The van der Waals surface area contributed by atoms with E-state index in [-0.39, 0.29) is 25.9 Å². The SMILES string of the molecule is C=CC(=C)C.[H-].[H-].[Mg+2]. The summed E-state index contributed by atoms with van der Waals surface area (Å²) in [6, 6.07) is 0. The second-order valence-corrected chi connectivity index (χ2v) is 1.05. The van der Waals surface area contributed by atoms with Crippen molar-refractivity contribution in [2.75, 3.05) is 0 Å². The van der Waals surface area contributed by atoms with Crippen LogP contribution in [0.5, 0.6) is 0 Å². The van der Waals surface area contributed by atoms with Gasteiger partial charge in [0.2, 0.25) is 0 Å². The molecular formula is C5H10Mg. The van der Waals surface area contributed by atoms with Crippen molar-refractivity contribution in [2.24, 2.45) is 0 Å². The molecule has 0 aromatic rings. The van der Waals surface area contributed by atoms with Gasteiger partial charge in [0.25, 0.3) is 0 Å². The molecule has 0 aromatic carbocycles. The molecular weight excluding hydrogens is 84.4 g/mol. The fourth-order valence-electron chi connectivity index (χ4n) is 0. The number of rotatable bonds is 1. The van der Waals surface area contributed by atoms with Crippen LogP contribution in [0.2, 0.25) is 0 Å². The predicted octanol–water partition coefficient (Wildman–Crippen LogP) is 1.59. The van der Waals surface area contributed by atoms with Crippen LogP contribution in [0.25, 0.3) is 0 Å². The molecule has 0 nitrogen and oxygen atoms in total. The van der Waals surface area contributed by atoms with Crippen LogP contribution in [-0.2, 0) is 0 Å². The zero-order chi connectivity index (χ0) is 4.28. The third kappa shape index (κ3) is 8.87. The molecule has 0 aliphatic heterocycles. The van der Waals surface area contributed by atoms with E-state index in [4.69, 9.17) is 0 Å². The molecule has 0 aliphatic rings. The van der Waals surface area contributed by atoms with E-state index >= 15 is 0 Å². The Balaban J connectivity index is -0.0000000267. The summed E-state index contributed by atoms with van der Waals surface area (Å²) >= 11 is 0. The van der Waals surface area contributed by atoms with Crippen LogP contribution in [0.4, 0.5) is 0 Å². The van der Waals surface area contributed by atoms with Crippen molar-refractivity contribution in [3.05, 3.63) is 24.8 Å². The summed E-state index contributed by atoms with van der Waals surface area (Å²) in [4.78, 5) is 0. The zero-order valence-corrected chi connectivity index (χ0v) is 5.61. The molecule has 0 bridgehead atoms. The molecule has 0 radical (unpaired) electrons. The van der Waals surface area contributed by atoms with Crippen molar-refractivity contribution in [1.29, 1.82) is 0 Å². The van der Waals surface area contributed by atoms with E-state index in [0.717, 1.165) is 5.57 Å². The standard InChI is InChI=1S/C5H8.Mg.2H/c1-4-5(2)3;;;/h4H,1-2H2,3H3;;;/q;+2;2*-1. The maximum absolute atomic E-state index is 3.56. The quantitative estimate of drug-likeness (QED) is 0.342. The zero-order valence-electron chi connectivity index (χ0n) is 6.20. The van der Waals surface area contributed by atoms with E-state index in [2.05, 4.69) is 13.2 Å². The summed E-state index contributed by atoms with van der Waals surface area (Å²) in [5, 5.41) is 0. The van der Waals surface area contributed by atoms with Crippen molar-refractivity contribution < 1.29 is 2.85 Å². The molecule has 0 fully saturated rings. The second kappa shape index (κ2) is 5.25. The molecule has 0 saturated heterocycles. The first-order chi connectivity index (χ1) is 2.27. The van der Waals surface area contributed by atoms with Crippen LogP contribution < -0.4 is 0 Å². The molecule has 0 aromatic heterocycles. The van der Waals surface area contributed by atoms with E-state index in [0.29, 0.717) is 0 Å². The van der Waals surface area contributed by atoms with Gasteiger partial charge in [0, 0.05) is 0 Å². The fourth-order valence-corrected chi connectivity index (χ4v) is 0. The van der Waals surface area contributed by atoms with Crippen molar-refractivity contribution >= 4 is 23.1 Å². The number of allylic oxidation sites excluding steroid dienone is 2. The third-order valence-electron chi connectivity index (χ3n) is 0.348. The van der Waals surface area contributed by atoms with Crippen LogP contribution in [0.15, 0.2) is 24.8 Å². The first kappa shape index (κ1) is 9.53. The van der Waals surface area contributed by atoms with E-state index in [1.165, 1.54) is 0 Å². The molecule has 0 unspecified atom stereocenters. The molecule has 0 saturated carbocycles. The Kier molecular flexibility index (Phi) is 8.34. The van der Waals surface area contributed by atoms with Gasteiger partial charge in [0.1, 0.15) is 0 Å². The van der Waals surface area contributed by atoms with E-state index in [9.17, 15) is 0 Å². The molecule has 0 N–H and O–H groups in total. The summed E-state index contributed by atoms with van der Waals surface area (Å²) < 4.78 is 0. The number of hydrogen-bond acceptors (Lipinski definition) is 0. The topological polar surface area (TPSA) is 0 Å². The summed E-state index contributed by atoms with van der Waals surface area (Å²) in [5.74, 6) is 0. The minimum absolute atomic E-state index is 0. The Hall–Kier alpha value is 0.246. The minimum atomic E-state index is 0. The van der Waals surface area contributed by atoms with Gasteiger partial charge in [-0.15, -0.1) is 0 Å². The van der Waals surface area contributed by atoms with Gasteiger partial charge < -0.3 is 2.85 Å². The Morgan fingerprint density at radius 2 is 2.00 bits per heavy atom. The van der Waals surface area contributed by atoms with Crippen molar-refractivity contribution in [2.45, 2.75) is 6.92 Å². The molecule has 6 heavy (non-hydrogen) atoms. The van der Waals surface area contributed by atoms with Gasteiger partial charge in [-0.2, -0.15) is 0 Å². The average molecular weight is 94.4 g/mol. The largest absolute Gasteiger partial charge is 2.00 e. The molecule has 0 heterocycles. The molecule has 32 valence electrons. The van der Waals surface area contributed by atoms with Crippen LogP contribution in [0, 0.1) is 0 Å². The first-order valence-electron chi connectivity index (χ1n) is 1.55. The Morgan fingerprint density at radius 1 is 1.83 bits per heavy atom. The predicted molar refractivity (Wildman–Crippen MR) is 33.0 cm³/mol. The molecule has 0 atom stereocenters.